The molecule has 108 valence electrons. The van der Waals surface area contributed by atoms with Gasteiger partial charge in [0.1, 0.15) is 30.3 Å². The molecule has 21 heavy (non-hydrogen) atoms. The van der Waals surface area contributed by atoms with Crippen LogP contribution in [0.25, 0.3) is 0 Å². The van der Waals surface area contributed by atoms with E-state index in [9.17, 15) is 4.79 Å². The van der Waals surface area contributed by atoms with E-state index in [0.29, 0.717) is 30.3 Å². The van der Waals surface area contributed by atoms with Crippen LogP contribution in [0.4, 0.5) is 0 Å². The summed E-state index contributed by atoms with van der Waals surface area (Å²) in [7, 11) is 0. The van der Waals surface area contributed by atoms with Crippen molar-refractivity contribution in [3.05, 3.63) is 59.7 Å². The lowest BCUT2D eigenvalue weighted by Gasteiger charge is -2.12. The third-order valence-electron chi connectivity index (χ3n) is 3.32. The van der Waals surface area contributed by atoms with Crippen LogP contribution >= 0.6 is 0 Å². The van der Waals surface area contributed by atoms with Crippen LogP contribution in [0.2, 0.25) is 0 Å². The Hall–Kier alpha value is -2.49. The number of rotatable bonds is 3. The lowest BCUT2D eigenvalue weighted by Crippen LogP contribution is -2.34. The van der Waals surface area contributed by atoms with Gasteiger partial charge in [0.25, 0.3) is 5.91 Å². The van der Waals surface area contributed by atoms with Crippen LogP contribution in [0, 0.1) is 0 Å². The Kier molecular flexibility index (Phi) is 3.77. The zero-order valence-corrected chi connectivity index (χ0v) is 11.8. The van der Waals surface area contributed by atoms with Crippen LogP contribution in [-0.2, 0) is 6.61 Å². The highest BCUT2D eigenvalue weighted by Crippen LogP contribution is 2.30. The third-order valence-corrected chi connectivity index (χ3v) is 3.32. The Morgan fingerprint density at radius 2 is 2.00 bits per heavy atom. The Morgan fingerprint density at radius 3 is 2.81 bits per heavy atom. The minimum absolute atomic E-state index is 0.0214. The molecule has 1 N–H and O–H groups in total. The van der Waals surface area contributed by atoms with Gasteiger partial charge in [-0.15, -0.1) is 0 Å². The molecule has 0 spiro atoms. The zero-order chi connectivity index (χ0) is 14.7. The minimum atomic E-state index is -0.154. The van der Waals surface area contributed by atoms with Crippen LogP contribution in [-0.4, -0.2) is 18.6 Å². The summed E-state index contributed by atoms with van der Waals surface area (Å²) in [6.45, 7) is 2.79. The van der Waals surface area contributed by atoms with Crippen LogP contribution in [0.3, 0.4) is 0 Å². The monoisotopic (exact) mass is 283 g/mol. The zero-order valence-electron chi connectivity index (χ0n) is 11.8. The summed E-state index contributed by atoms with van der Waals surface area (Å²) in [5, 5.41) is 2.89. The Bertz CT molecular complexity index is 640. The van der Waals surface area contributed by atoms with E-state index < -0.39 is 0 Å². The molecule has 0 bridgehead atoms. The molecule has 2 aromatic rings. The van der Waals surface area contributed by atoms with E-state index in [1.807, 2.05) is 43.3 Å². The maximum atomic E-state index is 12.3. The smallest absolute Gasteiger partial charge is 0.259 e. The molecule has 0 aromatic heterocycles. The molecule has 0 fully saturated rings. The van der Waals surface area contributed by atoms with E-state index in [4.69, 9.17) is 9.47 Å². The van der Waals surface area contributed by atoms with Gasteiger partial charge >= 0.3 is 0 Å². The molecule has 0 saturated carbocycles. The van der Waals surface area contributed by atoms with Gasteiger partial charge in [-0.2, -0.15) is 0 Å². The summed E-state index contributed by atoms with van der Waals surface area (Å²) >= 11 is 0. The van der Waals surface area contributed by atoms with Gasteiger partial charge in [-0.1, -0.05) is 36.4 Å². The maximum Gasteiger partial charge on any atom is 0.259 e. The van der Waals surface area contributed by atoms with Crippen molar-refractivity contribution in [2.24, 2.45) is 0 Å². The SMILES string of the molecule is CC1COc2cccc(OCc3ccccc3)c2C(=O)N1. The van der Waals surface area contributed by atoms with Crippen LogP contribution < -0.4 is 14.8 Å². The second kappa shape index (κ2) is 5.87. The summed E-state index contributed by atoms with van der Waals surface area (Å²) < 4.78 is 11.5. The maximum absolute atomic E-state index is 12.3. The summed E-state index contributed by atoms with van der Waals surface area (Å²) in [6, 6.07) is 15.3. The number of nitrogens with one attached hydrogen (secondary N) is 1. The summed E-state index contributed by atoms with van der Waals surface area (Å²) in [6.07, 6.45) is 0. The summed E-state index contributed by atoms with van der Waals surface area (Å²) in [4.78, 5) is 12.3. The van der Waals surface area contributed by atoms with E-state index in [1.54, 1.807) is 12.1 Å². The molecule has 1 atom stereocenters. The van der Waals surface area contributed by atoms with Crippen molar-refractivity contribution in [1.29, 1.82) is 0 Å². The van der Waals surface area contributed by atoms with E-state index in [0.717, 1.165) is 5.56 Å². The number of benzene rings is 2. The largest absolute Gasteiger partial charge is 0.490 e. The Labute approximate surface area is 123 Å². The Morgan fingerprint density at radius 1 is 1.19 bits per heavy atom. The van der Waals surface area contributed by atoms with E-state index >= 15 is 0 Å². The van der Waals surface area contributed by atoms with Crippen molar-refractivity contribution < 1.29 is 14.3 Å². The first-order valence-corrected chi connectivity index (χ1v) is 6.97. The van der Waals surface area contributed by atoms with Gasteiger partial charge < -0.3 is 14.8 Å². The van der Waals surface area contributed by atoms with Gasteiger partial charge in [0.15, 0.2) is 0 Å². The van der Waals surface area contributed by atoms with Gasteiger partial charge in [0.2, 0.25) is 0 Å². The topological polar surface area (TPSA) is 47.6 Å². The van der Waals surface area contributed by atoms with E-state index in [2.05, 4.69) is 5.32 Å². The van der Waals surface area contributed by atoms with Gasteiger partial charge in [-0.05, 0) is 24.6 Å². The van der Waals surface area contributed by atoms with E-state index in [1.165, 1.54) is 0 Å². The molecule has 1 heterocycles. The first kappa shape index (κ1) is 13.5. The fourth-order valence-electron chi connectivity index (χ4n) is 2.26. The second-order valence-electron chi connectivity index (χ2n) is 5.09. The molecule has 4 nitrogen and oxygen atoms in total. The first-order valence-electron chi connectivity index (χ1n) is 6.97. The number of ether oxygens (including phenoxy) is 2. The van der Waals surface area contributed by atoms with Crippen LogP contribution in [0.1, 0.15) is 22.8 Å². The van der Waals surface area contributed by atoms with Gasteiger partial charge in [0.05, 0.1) is 6.04 Å². The number of carbonyl (C=O) groups is 1. The number of hydrogen-bond acceptors (Lipinski definition) is 3. The molecular formula is C17H17NO3. The highest BCUT2D eigenvalue weighted by molar-refractivity contribution is 6.00. The van der Waals surface area contributed by atoms with Crippen molar-refractivity contribution in [1.82, 2.24) is 5.32 Å². The first-order chi connectivity index (χ1) is 10.2. The van der Waals surface area contributed by atoms with Gasteiger partial charge in [-0.25, -0.2) is 0 Å². The number of amides is 1. The molecule has 0 aliphatic carbocycles. The quantitative estimate of drug-likeness (QED) is 0.942. The fourth-order valence-corrected chi connectivity index (χ4v) is 2.26. The van der Waals surface area contributed by atoms with E-state index in [-0.39, 0.29) is 11.9 Å². The predicted octanol–water partition coefficient (Wildman–Crippen LogP) is 2.78. The van der Waals surface area contributed by atoms with Crippen LogP contribution in [0.5, 0.6) is 11.5 Å². The Balaban J connectivity index is 1.85. The third kappa shape index (κ3) is 2.99. The fraction of sp³-hybridized carbons (Fsp3) is 0.235. The molecule has 0 radical (unpaired) electrons. The average molecular weight is 283 g/mol. The molecular weight excluding hydrogens is 266 g/mol. The minimum Gasteiger partial charge on any atom is -0.490 e. The molecule has 1 amide bonds. The van der Waals surface area contributed by atoms with Crippen molar-refractivity contribution in [2.45, 2.75) is 19.6 Å². The standard InChI is InChI=1S/C17H17NO3/c1-12-10-20-14-8-5-9-15(16(14)17(19)18-12)21-11-13-6-3-2-4-7-13/h2-9,12H,10-11H2,1H3,(H,18,19). The van der Waals surface area contributed by atoms with Crippen molar-refractivity contribution in [3.8, 4) is 11.5 Å². The number of carbonyl (C=O) groups excluding carboxylic acids is 1. The highest BCUT2D eigenvalue weighted by Gasteiger charge is 2.24. The highest BCUT2D eigenvalue weighted by atomic mass is 16.5. The average Bonchev–Trinajstić information content (AvgIpc) is 2.65. The predicted molar refractivity (Wildman–Crippen MR) is 79.6 cm³/mol. The molecule has 4 heteroatoms. The van der Waals surface area contributed by atoms with Crippen molar-refractivity contribution in [3.63, 3.8) is 0 Å². The molecule has 1 unspecified atom stereocenters. The van der Waals surface area contributed by atoms with Crippen molar-refractivity contribution >= 4 is 5.91 Å². The lowest BCUT2D eigenvalue weighted by atomic mass is 10.1. The normalized spacial score (nSPS) is 17.2. The molecule has 1 aliphatic rings. The molecule has 3 rings (SSSR count). The molecule has 0 saturated heterocycles. The lowest BCUT2D eigenvalue weighted by molar-refractivity contribution is 0.0938. The van der Waals surface area contributed by atoms with Gasteiger partial charge in [0, 0.05) is 0 Å². The van der Waals surface area contributed by atoms with Gasteiger partial charge in [-0.3, -0.25) is 4.79 Å². The molecule has 1 aliphatic heterocycles. The summed E-state index contributed by atoms with van der Waals surface area (Å²) in [5.74, 6) is 0.962. The molecule has 2 aromatic carbocycles. The van der Waals surface area contributed by atoms with Crippen LogP contribution in [0.15, 0.2) is 48.5 Å². The van der Waals surface area contributed by atoms with Crippen molar-refractivity contribution in [2.75, 3.05) is 6.61 Å². The second-order valence-corrected chi connectivity index (χ2v) is 5.09. The summed E-state index contributed by atoms with van der Waals surface area (Å²) in [5.41, 5.74) is 1.52. The number of fused-ring (bicyclic) bond motifs is 1. The number of hydrogen-bond donors (Lipinski definition) is 1.